The van der Waals surface area contributed by atoms with E-state index in [0.717, 1.165) is 45.3 Å². The standard InChI is InChI=1S/C50H58N6O7/c1-33-34(2)47(59)44(35(3)46(33)58)50(4,5)31-43(57)53(6)21-14-22-55(49(60)61)23-20-42(54-24-27-62-28-25-54)45-39(30-38-19-13-26-63-38)52-48-40(29-36-15-9-7-10-16-36)51-41(32-56(45)48)37-17-11-8-12-18-37/h7-13,15-19,26,32,42H,14,20-25,27-31H2,1-6H3,(H,60,61). The summed E-state index contributed by atoms with van der Waals surface area (Å²) >= 11 is 0. The summed E-state index contributed by atoms with van der Waals surface area (Å²) in [7, 11) is 1.69. The van der Waals surface area contributed by atoms with Crippen LogP contribution < -0.4 is 0 Å². The molecule has 1 atom stereocenters. The fourth-order valence-electron chi connectivity index (χ4n) is 8.99. The molecule has 0 radical (unpaired) electrons. The quantitative estimate of drug-likeness (QED) is 0.0913. The monoisotopic (exact) mass is 854 g/mol. The fourth-order valence-corrected chi connectivity index (χ4v) is 8.99. The zero-order valence-electron chi connectivity index (χ0n) is 37.2. The fraction of sp³-hybridized carbons (Fsp3) is 0.400. The number of fused-ring (bicyclic) bond motifs is 1. The molecule has 0 saturated carbocycles. The lowest BCUT2D eigenvalue weighted by Crippen LogP contribution is -2.42. The van der Waals surface area contributed by atoms with E-state index < -0.39 is 11.5 Å². The van der Waals surface area contributed by atoms with E-state index in [2.05, 4.69) is 39.8 Å². The largest absolute Gasteiger partial charge is 0.469 e. The van der Waals surface area contributed by atoms with E-state index in [1.54, 1.807) is 39.0 Å². The Hall–Kier alpha value is -6.18. The van der Waals surface area contributed by atoms with E-state index in [4.69, 9.17) is 19.1 Å². The normalized spacial score (nSPS) is 15.7. The number of rotatable bonds is 17. The number of furan rings is 1. The molecule has 2 amide bonds. The number of carboxylic acid groups (broad SMARTS) is 1. The van der Waals surface area contributed by atoms with Gasteiger partial charge in [0.05, 0.1) is 54.7 Å². The van der Waals surface area contributed by atoms with Gasteiger partial charge in [0, 0.05) is 92.1 Å². The number of carbonyl (C=O) groups excluding carboxylic acids is 3. The first-order valence-electron chi connectivity index (χ1n) is 21.8. The molecule has 1 fully saturated rings. The zero-order chi connectivity index (χ0) is 44.8. The second-order valence-electron chi connectivity index (χ2n) is 17.4. The van der Waals surface area contributed by atoms with Crippen LogP contribution >= 0.6 is 0 Å². The molecule has 1 unspecified atom stereocenters. The van der Waals surface area contributed by atoms with Gasteiger partial charge in [-0.2, -0.15) is 0 Å². The van der Waals surface area contributed by atoms with Crippen LogP contribution in [0.15, 0.2) is 112 Å². The van der Waals surface area contributed by atoms with Gasteiger partial charge in [-0.1, -0.05) is 74.5 Å². The molecular weight excluding hydrogens is 797 g/mol. The van der Waals surface area contributed by atoms with Crippen LogP contribution in [0.3, 0.4) is 0 Å². The second kappa shape index (κ2) is 19.5. The first-order valence-corrected chi connectivity index (χ1v) is 21.8. The molecule has 4 heterocycles. The lowest BCUT2D eigenvalue weighted by molar-refractivity contribution is -0.131. The SMILES string of the molecule is CC1=C(C)C(=O)C(C(C)(C)CC(=O)N(C)CCCN(CCC(c2c(Cc3ccco3)nc3c(Cc4ccccc4)nc(-c4ccccc4)cn23)N2CCOCC2)C(=O)O)=C(C)C1=O. The van der Waals surface area contributed by atoms with Crippen molar-refractivity contribution in [3.8, 4) is 11.3 Å². The molecule has 7 rings (SSSR count). The van der Waals surface area contributed by atoms with Gasteiger partial charge in [-0.25, -0.2) is 14.8 Å². The highest BCUT2D eigenvalue weighted by Gasteiger charge is 2.39. The van der Waals surface area contributed by atoms with Crippen LogP contribution in [0.2, 0.25) is 0 Å². The van der Waals surface area contributed by atoms with Crippen molar-refractivity contribution in [3.05, 3.63) is 136 Å². The number of aromatic nitrogens is 3. The molecule has 5 aromatic rings. The summed E-state index contributed by atoms with van der Waals surface area (Å²) in [6, 6.07) is 23.9. The number of carbonyl (C=O) groups is 4. The number of allylic oxidation sites excluding steroid dienone is 4. The van der Waals surface area contributed by atoms with Gasteiger partial charge in [-0.05, 0) is 51.3 Å². The Bertz CT molecular complexity index is 2520. The predicted octanol–water partition coefficient (Wildman–Crippen LogP) is 7.98. The van der Waals surface area contributed by atoms with Crippen molar-refractivity contribution in [2.45, 2.75) is 72.8 Å². The van der Waals surface area contributed by atoms with E-state index in [1.807, 2.05) is 62.4 Å². The number of amides is 2. The van der Waals surface area contributed by atoms with Crippen molar-refractivity contribution in [1.29, 1.82) is 0 Å². The Balaban J connectivity index is 1.15. The molecule has 2 aliphatic rings. The third-order valence-electron chi connectivity index (χ3n) is 12.5. The summed E-state index contributed by atoms with van der Waals surface area (Å²) in [5, 5.41) is 10.6. The van der Waals surface area contributed by atoms with Crippen LogP contribution in [0.1, 0.15) is 88.3 Å². The van der Waals surface area contributed by atoms with Crippen LogP contribution in [-0.4, -0.2) is 111 Å². The molecular formula is C50H58N6O7. The van der Waals surface area contributed by atoms with Crippen LogP contribution in [0.5, 0.6) is 0 Å². The van der Waals surface area contributed by atoms with E-state index in [1.165, 1.54) is 4.90 Å². The van der Waals surface area contributed by atoms with Gasteiger partial charge < -0.3 is 24.1 Å². The van der Waals surface area contributed by atoms with Gasteiger partial charge in [-0.3, -0.25) is 23.7 Å². The first kappa shape index (κ1) is 44.9. The van der Waals surface area contributed by atoms with Crippen molar-refractivity contribution in [2.24, 2.45) is 5.41 Å². The highest BCUT2D eigenvalue weighted by molar-refractivity contribution is 6.25. The van der Waals surface area contributed by atoms with E-state index in [0.29, 0.717) is 80.8 Å². The third kappa shape index (κ3) is 10.1. The van der Waals surface area contributed by atoms with Crippen molar-refractivity contribution in [2.75, 3.05) is 53.0 Å². The highest BCUT2D eigenvalue weighted by Crippen LogP contribution is 2.39. The number of Topliss-reactive ketones (excluding diaryl/α,β-unsaturated/α-hetero) is 2. The minimum Gasteiger partial charge on any atom is -0.469 e. The summed E-state index contributed by atoms with van der Waals surface area (Å²) in [5.41, 5.74) is 6.99. The number of benzene rings is 2. The molecule has 1 N–H and O–H groups in total. The van der Waals surface area contributed by atoms with Crippen LogP contribution in [0.4, 0.5) is 4.79 Å². The summed E-state index contributed by atoms with van der Waals surface area (Å²) in [4.78, 5) is 68.7. The number of morpholine rings is 1. The number of ether oxygens (including phenoxy) is 1. The van der Waals surface area contributed by atoms with Crippen molar-refractivity contribution in [3.63, 3.8) is 0 Å². The van der Waals surface area contributed by atoms with E-state index in [-0.39, 0.29) is 43.0 Å². The molecule has 1 saturated heterocycles. The topological polar surface area (TPSA) is 151 Å². The highest BCUT2D eigenvalue weighted by atomic mass is 16.5. The van der Waals surface area contributed by atoms with E-state index >= 15 is 0 Å². The molecule has 13 nitrogen and oxygen atoms in total. The number of imidazole rings is 1. The van der Waals surface area contributed by atoms with Crippen molar-refractivity contribution < 1.29 is 33.4 Å². The molecule has 0 bridgehead atoms. The Morgan fingerprint density at radius 1 is 0.825 bits per heavy atom. The number of hydrogen-bond acceptors (Lipinski definition) is 9. The lowest BCUT2D eigenvalue weighted by Gasteiger charge is -2.36. The summed E-state index contributed by atoms with van der Waals surface area (Å²) < 4.78 is 13.9. The molecule has 3 aromatic heterocycles. The molecule has 1 aliphatic heterocycles. The van der Waals surface area contributed by atoms with Crippen LogP contribution in [-0.2, 0) is 32.0 Å². The Morgan fingerprint density at radius 2 is 1.51 bits per heavy atom. The smallest absolute Gasteiger partial charge is 0.407 e. The molecule has 1 aliphatic carbocycles. The summed E-state index contributed by atoms with van der Waals surface area (Å²) in [6.45, 7) is 11.8. The molecule has 330 valence electrons. The van der Waals surface area contributed by atoms with E-state index in [9.17, 15) is 24.3 Å². The second-order valence-corrected chi connectivity index (χ2v) is 17.4. The van der Waals surface area contributed by atoms with Gasteiger partial charge >= 0.3 is 6.09 Å². The minimum atomic E-state index is -1.04. The summed E-state index contributed by atoms with van der Waals surface area (Å²) in [6.07, 6.45) is 4.59. The zero-order valence-corrected chi connectivity index (χ0v) is 37.2. The maximum atomic E-state index is 13.6. The number of ketones is 2. The predicted molar refractivity (Wildman–Crippen MR) is 240 cm³/mol. The third-order valence-corrected chi connectivity index (χ3v) is 12.5. The van der Waals surface area contributed by atoms with Crippen molar-refractivity contribution >= 4 is 29.2 Å². The molecule has 2 aromatic carbocycles. The van der Waals surface area contributed by atoms with Gasteiger partial charge in [0.1, 0.15) is 5.76 Å². The van der Waals surface area contributed by atoms with Gasteiger partial charge in [0.2, 0.25) is 5.91 Å². The molecule has 63 heavy (non-hydrogen) atoms. The Morgan fingerprint density at radius 3 is 2.17 bits per heavy atom. The Kier molecular flexibility index (Phi) is 13.9. The lowest BCUT2D eigenvalue weighted by atomic mass is 9.71. The van der Waals surface area contributed by atoms with Gasteiger partial charge in [0.15, 0.2) is 17.2 Å². The average Bonchev–Trinajstić information content (AvgIpc) is 3.93. The maximum Gasteiger partial charge on any atom is 0.407 e. The average molecular weight is 855 g/mol. The summed E-state index contributed by atoms with van der Waals surface area (Å²) in [5.74, 6) is 0.211. The number of hydrogen-bond donors (Lipinski definition) is 1. The first-order chi connectivity index (χ1) is 30.2. The minimum absolute atomic E-state index is 0.0274. The molecule has 13 heteroatoms. The van der Waals surface area contributed by atoms with Crippen molar-refractivity contribution in [1.82, 2.24) is 29.1 Å². The number of nitrogens with zero attached hydrogens (tertiary/aromatic N) is 6. The van der Waals surface area contributed by atoms with Gasteiger partial charge in [-0.15, -0.1) is 0 Å². The maximum absolute atomic E-state index is 13.6. The van der Waals surface area contributed by atoms with Crippen LogP contribution in [0.25, 0.3) is 16.9 Å². The Labute approximate surface area is 369 Å². The van der Waals surface area contributed by atoms with Gasteiger partial charge in [0.25, 0.3) is 0 Å². The molecule has 0 spiro atoms. The van der Waals surface area contributed by atoms with Crippen LogP contribution in [0, 0.1) is 5.41 Å².